The average molecular weight is 428 g/mol. The lowest BCUT2D eigenvalue weighted by Gasteiger charge is -2.30. The Bertz CT molecular complexity index is 911. The van der Waals surface area contributed by atoms with Gasteiger partial charge in [0.2, 0.25) is 0 Å². The van der Waals surface area contributed by atoms with Crippen LogP contribution in [0.5, 0.6) is 0 Å². The zero-order chi connectivity index (χ0) is 21.0. The molecule has 29 heavy (non-hydrogen) atoms. The first-order chi connectivity index (χ1) is 13.8. The van der Waals surface area contributed by atoms with Gasteiger partial charge in [0, 0.05) is 24.3 Å². The summed E-state index contributed by atoms with van der Waals surface area (Å²) < 4.78 is 44.7. The first-order valence-corrected chi connectivity index (χ1v) is 9.05. The van der Waals surface area contributed by atoms with E-state index in [0.717, 1.165) is 12.3 Å². The number of carbonyl (C=O) groups is 1. The van der Waals surface area contributed by atoms with E-state index in [2.05, 4.69) is 10.1 Å². The van der Waals surface area contributed by atoms with E-state index in [1.54, 1.807) is 4.90 Å². The first-order valence-electron chi connectivity index (χ1n) is 8.67. The van der Waals surface area contributed by atoms with Crippen molar-refractivity contribution in [1.82, 2.24) is 4.98 Å². The van der Waals surface area contributed by atoms with E-state index < -0.39 is 17.7 Å². The molecule has 6 nitrogen and oxygen atoms in total. The number of aromatic nitrogens is 1. The summed E-state index contributed by atoms with van der Waals surface area (Å²) in [5.41, 5.74) is -0.00770. The maximum Gasteiger partial charge on any atom is 0.417 e. The Morgan fingerprint density at radius 2 is 1.90 bits per heavy atom. The zero-order valence-corrected chi connectivity index (χ0v) is 16.1. The second-order valence-corrected chi connectivity index (χ2v) is 6.69. The highest BCUT2D eigenvalue weighted by Crippen LogP contribution is 2.33. The van der Waals surface area contributed by atoms with Crippen LogP contribution in [-0.4, -0.2) is 43.0 Å². The lowest BCUT2D eigenvalue weighted by molar-refractivity contribution is -0.137. The molecule has 0 radical (unpaired) electrons. The summed E-state index contributed by atoms with van der Waals surface area (Å²) >= 11 is 5.78. The molecule has 2 aromatic rings. The van der Waals surface area contributed by atoms with Crippen molar-refractivity contribution in [2.45, 2.75) is 13.1 Å². The van der Waals surface area contributed by atoms with Gasteiger partial charge in [-0.25, -0.2) is 4.79 Å². The van der Waals surface area contributed by atoms with Crippen molar-refractivity contribution >= 4 is 29.0 Å². The van der Waals surface area contributed by atoms with Gasteiger partial charge in [0.05, 0.1) is 30.0 Å². The van der Waals surface area contributed by atoms with Crippen LogP contribution in [0.3, 0.4) is 0 Å². The number of ether oxygens (including phenoxy) is 1. The van der Waals surface area contributed by atoms with Crippen LogP contribution in [0.25, 0.3) is 0 Å². The summed E-state index contributed by atoms with van der Waals surface area (Å²) in [5.74, 6) is -0.721. The van der Waals surface area contributed by atoms with Gasteiger partial charge in [0.15, 0.2) is 0 Å². The minimum absolute atomic E-state index is 0.169. The van der Waals surface area contributed by atoms with E-state index in [0.29, 0.717) is 31.3 Å². The summed E-state index contributed by atoms with van der Waals surface area (Å²) in [5, 5.41) is 4.24. The Morgan fingerprint density at radius 3 is 2.52 bits per heavy atom. The number of hydrogen-bond acceptors (Lipinski definition) is 6. The summed E-state index contributed by atoms with van der Waals surface area (Å²) in [6.45, 7) is 3.10. The number of pyridine rings is 1. The van der Waals surface area contributed by atoms with Gasteiger partial charge in [-0.15, -0.1) is 0 Å². The third-order valence-corrected chi connectivity index (χ3v) is 4.49. The maximum atomic E-state index is 13.1. The number of benzene rings is 1. The van der Waals surface area contributed by atoms with E-state index in [4.69, 9.17) is 21.2 Å². The molecule has 1 aliphatic rings. The van der Waals surface area contributed by atoms with Gasteiger partial charge >= 0.3 is 12.1 Å². The van der Waals surface area contributed by atoms with Crippen LogP contribution in [0.4, 0.5) is 18.9 Å². The average Bonchev–Trinajstić information content (AvgIpc) is 2.72. The third kappa shape index (κ3) is 5.24. The van der Waals surface area contributed by atoms with Crippen LogP contribution >= 0.6 is 11.6 Å². The Kier molecular flexibility index (Phi) is 6.39. The molecule has 2 heterocycles. The molecule has 0 atom stereocenters. The molecular weight excluding hydrogens is 411 g/mol. The van der Waals surface area contributed by atoms with Gasteiger partial charge in [-0.05, 0) is 37.3 Å². The molecule has 1 fully saturated rings. The van der Waals surface area contributed by atoms with E-state index in [1.807, 2.05) is 0 Å². The van der Waals surface area contributed by atoms with E-state index in [9.17, 15) is 18.0 Å². The van der Waals surface area contributed by atoms with Crippen molar-refractivity contribution in [3.8, 4) is 0 Å². The molecule has 1 aliphatic heterocycles. The number of morpholine rings is 1. The Labute approximate surface area is 169 Å². The molecule has 10 heteroatoms. The Morgan fingerprint density at radius 1 is 1.24 bits per heavy atom. The third-order valence-electron chi connectivity index (χ3n) is 4.23. The molecule has 1 saturated heterocycles. The quantitative estimate of drug-likeness (QED) is 0.416. The molecular formula is C19H17ClF3N3O3. The standard InChI is InChI=1S/C19H17ClF3N3O3/c1-12(25-29-18(27)13-2-4-15(20)5-3-13)17-16(26-6-8-28-9-7-26)10-14(11-24-17)19(21,22)23/h2-5,10-11H,6-9H2,1H3/b25-12-. The molecule has 0 amide bonds. The van der Waals surface area contributed by atoms with Crippen LogP contribution in [-0.2, 0) is 15.8 Å². The molecule has 0 unspecified atom stereocenters. The summed E-state index contributed by atoms with van der Waals surface area (Å²) in [6, 6.07) is 7.04. The van der Waals surface area contributed by atoms with Gasteiger partial charge in [0.1, 0.15) is 11.4 Å². The van der Waals surface area contributed by atoms with Crippen molar-refractivity contribution < 1.29 is 27.5 Å². The second-order valence-electron chi connectivity index (χ2n) is 6.25. The SMILES string of the molecule is C/C(=N/OC(=O)c1ccc(Cl)cc1)c1ncc(C(F)(F)F)cc1N1CCOCC1. The van der Waals surface area contributed by atoms with Gasteiger partial charge in [-0.3, -0.25) is 4.98 Å². The van der Waals surface area contributed by atoms with Gasteiger partial charge < -0.3 is 14.5 Å². The van der Waals surface area contributed by atoms with E-state index >= 15 is 0 Å². The molecule has 0 bridgehead atoms. The molecule has 0 saturated carbocycles. The predicted octanol–water partition coefficient (Wildman–Crippen LogP) is 4.17. The fraction of sp³-hybridized carbons (Fsp3) is 0.316. The topological polar surface area (TPSA) is 64.0 Å². The number of nitrogens with zero attached hydrogens (tertiary/aromatic N) is 3. The minimum Gasteiger partial charge on any atom is -0.378 e. The molecule has 0 N–H and O–H groups in total. The van der Waals surface area contributed by atoms with Crippen LogP contribution in [0.1, 0.15) is 28.5 Å². The highest BCUT2D eigenvalue weighted by Gasteiger charge is 2.33. The zero-order valence-electron chi connectivity index (χ0n) is 15.4. The minimum atomic E-state index is -4.53. The summed E-state index contributed by atoms with van der Waals surface area (Å²) in [4.78, 5) is 22.7. The van der Waals surface area contributed by atoms with Crippen LogP contribution in [0.15, 0.2) is 41.7 Å². The lowest BCUT2D eigenvalue weighted by atomic mass is 10.1. The van der Waals surface area contributed by atoms with Crippen molar-refractivity contribution in [2.24, 2.45) is 5.16 Å². The van der Waals surface area contributed by atoms with Crippen molar-refractivity contribution in [2.75, 3.05) is 31.2 Å². The fourth-order valence-corrected chi connectivity index (χ4v) is 2.85. The van der Waals surface area contributed by atoms with Crippen molar-refractivity contribution in [3.05, 3.63) is 58.4 Å². The highest BCUT2D eigenvalue weighted by molar-refractivity contribution is 6.30. The maximum absolute atomic E-state index is 13.1. The first kappa shape index (κ1) is 21.1. The monoisotopic (exact) mass is 427 g/mol. The number of alkyl halides is 3. The summed E-state index contributed by atoms with van der Waals surface area (Å²) in [6.07, 6.45) is -3.79. The predicted molar refractivity (Wildman–Crippen MR) is 101 cm³/mol. The molecule has 1 aromatic carbocycles. The lowest BCUT2D eigenvalue weighted by Crippen LogP contribution is -2.37. The number of oxime groups is 1. The number of carbonyl (C=O) groups excluding carboxylic acids is 1. The molecule has 1 aromatic heterocycles. The largest absolute Gasteiger partial charge is 0.417 e. The molecule has 0 aliphatic carbocycles. The van der Waals surface area contributed by atoms with Crippen LogP contribution in [0.2, 0.25) is 5.02 Å². The normalized spacial score (nSPS) is 15.3. The molecule has 154 valence electrons. The van der Waals surface area contributed by atoms with Crippen molar-refractivity contribution in [1.29, 1.82) is 0 Å². The number of rotatable bonds is 4. The Balaban J connectivity index is 1.88. The fourth-order valence-electron chi connectivity index (χ4n) is 2.72. The van der Waals surface area contributed by atoms with Crippen LogP contribution in [0, 0.1) is 0 Å². The Hall–Kier alpha value is -2.65. The summed E-state index contributed by atoms with van der Waals surface area (Å²) in [7, 11) is 0. The second kappa shape index (κ2) is 8.79. The highest BCUT2D eigenvalue weighted by atomic mass is 35.5. The molecule has 3 rings (SSSR count). The molecule has 0 spiro atoms. The van der Waals surface area contributed by atoms with Crippen LogP contribution < -0.4 is 4.90 Å². The number of anilines is 1. The van der Waals surface area contributed by atoms with Gasteiger partial charge in [-0.2, -0.15) is 13.2 Å². The number of halogens is 4. The van der Waals surface area contributed by atoms with E-state index in [-0.39, 0.29) is 22.7 Å². The van der Waals surface area contributed by atoms with Gasteiger partial charge in [-0.1, -0.05) is 16.8 Å². The number of hydrogen-bond donors (Lipinski definition) is 0. The van der Waals surface area contributed by atoms with Crippen molar-refractivity contribution in [3.63, 3.8) is 0 Å². The smallest absolute Gasteiger partial charge is 0.378 e. The van der Waals surface area contributed by atoms with Gasteiger partial charge in [0.25, 0.3) is 0 Å². The van der Waals surface area contributed by atoms with E-state index in [1.165, 1.54) is 31.2 Å².